The van der Waals surface area contributed by atoms with Gasteiger partial charge in [0.05, 0.1) is 25.6 Å². The number of aromatic nitrogens is 2. The molecule has 7 nitrogen and oxygen atoms in total. The fraction of sp³-hybridized carbons (Fsp3) is 0.455. The number of nitrogens with zero attached hydrogens (tertiary/aromatic N) is 2. The van der Waals surface area contributed by atoms with Gasteiger partial charge in [-0.3, -0.25) is 9.89 Å². The molecule has 2 unspecified atom stereocenters. The predicted molar refractivity (Wildman–Crippen MR) is 162 cm³/mol. The number of H-pyrrole nitrogens is 1. The third kappa shape index (κ3) is 5.87. The summed E-state index contributed by atoms with van der Waals surface area (Å²) in [5.41, 5.74) is 5.08. The van der Waals surface area contributed by atoms with Crippen LogP contribution in [0.4, 0.5) is 20.2 Å². The Labute approximate surface area is 246 Å². The highest BCUT2D eigenvalue weighted by Crippen LogP contribution is 2.43. The quantitative estimate of drug-likeness (QED) is 0.277. The minimum atomic E-state index is -0.704. The molecule has 2 N–H and O–H groups in total. The summed E-state index contributed by atoms with van der Waals surface area (Å²) in [5.74, 6) is -1.49. The zero-order valence-corrected chi connectivity index (χ0v) is 24.7. The zero-order valence-electron chi connectivity index (χ0n) is 24.7. The number of fused-ring (bicyclic) bond motifs is 1. The van der Waals surface area contributed by atoms with E-state index in [1.54, 1.807) is 0 Å². The molecule has 2 heterocycles. The molecule has 2 aromatic carbocycles. The molecule has 1 fully saturated rings. The molecular formula is C33H40F2N4O3. The molecular weight excluding hydrogens is 538 g/mol. The molecule has 0 saturated carbocycles. The SMILES string of the molecule is C=CC(=O)Nc1ccc(N2CCCCC(CC)CC2)cc1-c1n[nH]c2c1CCC(c1c(F)c(OC)cc(OC)c1F)C2. The monoisotopic (exact) mass is 578 g/mol. The van der Waals surface area contributed by atoms with Gasteiger partial charge in [0.1, 0.15) is 0 Å². The van der Waals surface area contributed by atoms with Crippen LogP contribution in [0.1, 0.15) is 68.2 Å². The first kappa shape index (κ1) is 29.6. The van der Waals surface area contributed by atoms with E-state index in [4.69, 9.17) is 9.47 Å². The smallest absolute Gasteiger partial charge is 0.247 e. The topological polar surface area (TPSA) is 79.5 Å². The van der Waals surface area contributed by atoms with Crippen molar-refractivity contribution in [3.8, 4) is 22.8 Å². The normalized spacial score (nSPS) is 18.9. The Morgan fingerprint density at radius 3 is 2.57 bits per heavy atom. The molecule has 3 aromatic rings. The highest BCUT2D eigenvalue weighted by atomic mass is 19.1. The summed E-state index contributed by atoms with van der Waals surface area (Å²) < 4.78 is 40.9. The first-order chi connectivity index (χ1) is 20.4. The van der Waals surface area contributed by atoms with Crippen LogP contribution in [0.2, 0.25) is 0 Å². The van der Waals surface area contributed by atoms with Crippen molar-refractivity contribution in [3.05, 3.63) is 65.4 Å². The second-order valence-electron chi connectivity index (χ2n) is 11.3. The van der Waals surface area contributed by atoms with Crippen LogP contribution in [-0.2, 0) is 17.6 Å². The molecule has 0 spiro atoms. The maximum Gasteiger partial charge on any atom is 0.247 e. The van der Waals surface area contributed by atoms with E-state index in [-0.39, 0.29) is 23.0 Å². The van der Waals surface area contributed by atoms with Gasteiger partial charge in [0.2, 0.25) is 5.91 Å². The lowest BCUT2D eigenvalue weighted by Gasteiger charge is -2.30. The second-order valence-corrected chi connectivity index (χ2v) is 11.3. The predicted octanol–water partition coefficient (Wildman–Crippen LogP) is 7.18. The van der Waals surface area contributed by atoms with Crippen LogP contribution in [0.5, 0.6) is 11.5 Å². The third-order valence-corrected chi connectivity index (χ3v) is 8.90. The van der Waals surface area contributed by atoms with Gasteiger partial charge in [-0.15, -0.1) is 0 Å². The van der Waals surface area contributed by atoms with Gasteiger partial charge in [-0.1, -0.05) is 32.8 Å². The number of benzene rings is 2. The molecule has 0 bridgehead atoms. The number of halogens is 2. The van der Waals surface area contributed by atoms with E-state index in [2.05, 4.69) is 46.0 Å². The van der Waals surface area contributed by atoms with Crippen molar-refractivity contribution in [2.45, 2.75) is 64.2 Å². The Kier molecular flexibility index (Phi) is 9.14. The molecule has 1 aliphatic heterocycles. The molecule has 1 amide bonds. The van der Waals surface area contributed by atoms with Gasteiger partial charge < -0.3 is 19.7 Å². The summed E-state index contributed by atoms with van der Waals surface area (Å²) in [6.07, 6.45) is 8.71. The van der Waals surface area contributed by atoms with Crippen molar-refractivity contribution in [1.29, 1.82) is 0 Å². The number of aromatic amines is 1. The van der Waals surface area contributed by atoms with Crippen molar-refractivity contribution < 1.29 is 23.0 Å². The third-order valence-electron chi connectivity index (χ3n) is 8.90. The van der Waals surface area contributed by atoms with Crippen LogP contribution in [0.3, 0.4) is 0 Å². The molecule has 5 rings (SSSR count). The van der Waals surface area contributed by atoms with Crippen molar-refractivity contribution in [2.24, 2.45) is 5.92 Å². The van der Waals surface area contributed by atoms with Crippen LogP contribution < -0.4 is 19.7 Å². The van der Waals surface area contributed by atoms with Crippen molar-refractivity contribution in [3.63, 3.8) is 0 Å². The molecule has 1 aromatic heterocycles. The van der Waals surface area contributed by atoms with Crippen LogP contribution in [0.25, 0.3) is 11.3 Å². The lowest BCUT2D eigenvalue weighted by molar-refractivity contribution is -0.111. The number of carbonyl (C=O) groups excluding carboxylic acids is 1. The van der Waals surface area contributed by atoms with E-state index in [0.29, 0.717) is 24.9 Å². The molecule has 1 aliphatic carbocycles. The molecule has 1 saturated heterocycles. The highest BCUT2D eigenvalue weighted by Gasteiger charge is 2.32. The maximum absolute atomic E-state index is 15.3. The van der Waals surface area contributed by atoms with E-state index in [1.807, 2.05) is 6.07 Å². The molecule has 0 radical (unpaired) electrons. The fourth-order valence-electron chi connectivity index (χ4n) is 6.45. The Hall–Kier alpha value is -3.88. The molecule has 9 heteroatoms. The lowest BCUT2D eigenvalue weighted by atomic mass is 9.81. The van der Waals surface area contributed by atoms with Gasteiger partial charge >= 0.3 is 0 Å². The summed E-state index contributed by atoms with van der Waals surface area (Å²) in [7, 11) is 2.71. The summed E-state index contributed by atoms with van der Waals surface area (Å²) in [6, 6.07) is 7.33. The fourth-order valence-corrected chi connectivity index (χ4v) is 6.45. The van der Waals surface area contributed by atoms with Crippen molar-refractivity contribution in [1.82, 2.24) is 10.2 Å². The first-order valence-electron chi connectivity index (χ1n) is 14.9. The van der Waals surface area contributed by atoms with Gasteiger partial charge in [-0.25, -0.2) is 8.78 Å². The average molecular weight is 579 g/mol. The van der Waals surface area contributed by atoms with Gasteiger partial charge in [0.25, 0.3) is 0 Å². The minimum Gasteiger partial charge on any atom is -0.494 e. The Bertz CT molecular complexity index is 1430. The van der Waals surface area contributed by atoms with Gasteiger partial charge in [0.15, 0.2) is 23.1 Å². The van der Waals surface area contributed by atoms with Gasteiger partial charge in [-0.05, 0) is 68.2 Å². The number of nitrogens with one attached hydrogen (secondary N) is 2. The maximum atomic E-state index is 15.3. The first-order valence-corrected chi connectivity index (χ1v) is 14.9. The summed E-state index contributed by atoms with van der Waals surface area (Å²) in [5, 5.41) is 10.8. The number of carbonyl (C=O) groups is 1. The summed E-state index contributed by atoms with van der Waals surface area (Å²) >= 11 is 0. The standard InChI is InChI=1S/C33H40F2N4O3/c1-5-20-9-7-8-15-39(16-14-20)22-11-13-25(36-29(40)6-2)24(18-22)33-23-12-10-21(17-26(23)37-38-33)30-31(34)27(41-3)19-28(42-4)32(30)35/h6,11,13,18-21H,2,5,7-10,12,14-17H2,1,3-4H3,(H,36,40)(H,37,38). The number of rotatable bonds is 8. The number of amides is 1. The zero-order chi connectivity index (χ0) is 29.8. The Morgan fingerprint density at radius 2 is 1.88 bits per heavy atom. The van der Waals surface area contributed by atoms with Crippen molar-refractivity contribution >= 4 is 17.3 Å². The second kappa shape index (κ2) is 13.0. The number of ether oxygens (including phenoxy) is 2. The summed E-state index contributed by atoms with van der Waals surface area (Å²) in [6.45, 7) is 7.83. The van der Waals surface area contributed by atoms with Crippen molar-refractivity contribution in [2.75, 3.05) is 37.5 Å². The Morgan fingerprint density at radius 1 is 1.12 bits per heavy atom. The lowest BCUT2D eigenvalue weighted by Crippen LogP contribution is -2.29. The largest absolute Gasteiger partial charge is 0.494 e. The summed E-state index contributed by atoms with van der Waals surface area (Å²) in [4.78, 5) is 14.8. The van der Waals surface area contributed by atoms with Gasteiger partial charge in [-0.2, -0.15) is 5.10 Å². The average Bonchev–Trinajstić information content (AvgIpc) is 3.41. The van der Waals surface area contributed by atoms with Crippen LogP contribution in [0, 0.1) is 17.6 Å². The molecule has 224 valence electrons. The van der Waals surface area contributed by atoms with E-state index in [1.165, 1.54) is 45.6 Å². The highest BCUT2D eigenvalue weighted by molar-refractivity contribution is 6.02. The number of hydrogen-bond acceptors (Lipinski definition) is 5. The van der Waals surface area contributed by atoms with E-state index < -0.39 is 17.6 Å². The van der Waals surface area contributed by atoms with Crippen LogP contribution in [0.15, 0.2) is 36.9 Å². The molecule has 2 atom stereocenters. The van der Waals surface area contributed by atoms with Crippen LogP contribution >= 0.6 is 0 Å². The number of hydrogen-bond donors (Lipinski definition) is 2. The van der Waals surface area contributed by atoms with E-state index >= 15 is 8.78 Å². The van der Waals surface area contributed by atoms with E-state index in [9.17, 15) is 4.79 Å². The molecule has 42 heavy (non-hydrogen) atoms. The number of anilines is 2. The molecule has 2 aliphatic rings. The minimum absolute atomic E-state index is 0.0311. The number of methoxy groups -OCH3 is 2. The van der Waals surface area contributed by atoms with Crippen LogP contribution in [-0.4, -0.2) is 43.4 Å². The van der Waals surface area contributed by atoms with Gasteiger partial charge in [0, 0.05) is 47.2 Å². The van der Waals surface area contributed by atoms with E-state index in [0.717, 1.165) is 60.1 Å². The Balaban J connectivity index is 1.50.